The first kappa shape index (κ1) is 26.0. The van der Waals surface area contributed by atoms with Crippen LogP contribution in [0.2, 0.25) is 0 Å². The van der Waals surface area contributed by atoms with E-state index in [1.54, 1.807) is 0 Å². The van der Waals surface area contributed by atoms with E-state index in [0.717, 1.165) is 71.4 Å². The monoisotopic (exact) mass is 667 g/mol. The molecule has 1 aromatic heterocycles. The molecule has 0 fully saturated rings. The highest BCUT2D eigenvalue weighted by Crippen LogP contribution is 2.43. The molecule has 0 aliphatic carbocycles. The standard InChI is InChI=1S/C50H33NO/c1-2-10-34(11-3-1)36-20-26-42(27-21-36)51(43-28-22-37(23-29-43)39-19-18-35-12-4-5-13-38(35)32-39)48-16-8-6-14-44(48)40-24-30-45-41(33-40)25-31-47-46-15-7-9-17-49(46)52-50(45)47/h1-33H/i22D,23D,28D,29D. The van der Waals surface area contributed by atoms with Crippen molar-refractivity contribution < 1.29 is 9.90 Å². The topological polar surface area (TPSA) is 16.4 Å². The molecule has 52 heavy (non-hydrogen) atoms. The molecule has 0 unspecified atom stereocenters. The van der Waals surface area contributed by atoms with Gasteiger partial charge in [0.15, 0.2) is 0 Å². The smallest absolute Gasteiger partial charge is 0.143 e. The maximum absolute atomic E-state index is 9.55. The average molecular weight is 668 g/mol. The van der Waals surface area contributed by atoms with Crippen LogP contribution in [0.25, 0.3) is 76.9 Å². The Morgan fingerprint density at radius 3 is 1.88 bits per heavy atom. The molecule has 2 heteroatoms. The maximum atomic E-state index is 9.55. The third kappa shape index (κ3) is 5.21. The third-order valence-electron chi connectivity index (χ3n) is 9.92. The summed E-state index contributed by atoms with van der Waals surface area (Å²) in [4.78, 5) is 1.88. The fraction of sp³-hybridized carbons (Fsp3) is 0. The van der Waals surface area contributed by atoms with Crippen molar-refractivity contribution in [1.29, 1.82) is 0 Å². The van der Waals surface area contributed by atoms with Crippen LogP contribution in [-0.4, -0.2) is 0 Å². The van der Waals surface area contributed by atoms with Gasteiger partial charge in [0, 0.05) is 33.1 Å². The second-order valence-corrected chi connectivity index (χ2v) is 13.0. The van der Waals surface area contributed by atoms with E-state index in [1.165, 1.54) is 0 Å². The van der Waals surface area contributed by atoms with Crippen LogP contribution >= 0.6 is 0 Å². The van der Waals surface area contributed by atoms with E-state index >= 15 is 0 Å². The van der Waals surface area contributed by atoms with Crippen molar-refractivity contribution in [2.24, 2.45) is 0 Å². The molecule has 10 rings (SSSR count). The molecule has 0 atom stereocenters. The minimum Gasteiger partial charge on any atom is -0.455 e. The van der Waals surface area contributed by atoms with Crippen molar-refractivity contribution in [2.45, 2.75) is 0 Å². The molecule has 0 radical (unpaired) electrons. The summed E-state index contributed by atoms with van der Waals surface area (Å²) in [5.74, 6) is 0. The Hall–Kier alpha value is -6.90. The van der Waals surface area contributed by atoms with Crippen molar-refractivity contribution in [1.82, 2.24) is 0 Å². The Labute approximate surface area is 308 Å². The van der Waals surface area contributed by atoms with Crippen molar-refractivity contribution in [2.75, 3.05) is 4.90 Å². The molecule has 0 amide bonds. The summed E-state index contributed by atoms with van der Waals surface area (Å²) >= 11 is 0. The van der Waals surface area contributed by atoms with Crippen LogP contribution in [0.3, 0.4) is 0 Å². The van der Waals surface area contributed by atoms with Crippen LogP contribution in [0.4, 0.5) is 17.1 Å². The van der Waals surface area contributed by atoms with Crippen LogP contribution in [0, 0.1) is 0 Å². The number of furan rings is 1. The summed E-state index contributed by atoms with van der Waals surface area (Å²) in [5.41, 5.74) is 8.14. The van der Waals surface area contributed by atoms with Gasteiger partial charge in [0.2, 0.25) is 0 Å². The number of anilines is 3. The maximum Gasteiger partial charge on any atom is 0.143 e. The molecule has 0 N–H and O–H groups in total. The van der Waals surface area contributed by atoms with Crippen molar-refractivity contribution in [3.05, 3.63) is 200 Å². The minimum absolute atomic E-state index is 0.0970. The molecule has 0 aliphatic heterocycles. The lowest BCUT2D eigenvalue weighted by molar-refractivity contribution is 0.672. The second-order valence-electron chi connectivity index (χ2n) is 13.0. The number of nitrogens with zero attached hydrogens (tertiary/aromatic N) is 1. The summed E-state index contributed by atoms with van der Waals surface area (Å²) in [7, 11) is 0. The third-order valence-corrected chi connectivity index (χ3v) is 9.92. The fourth-order valence-electron chi connectivity index (χ4n) is 7.32. The Balaban J connectivity index is 1.17. The molecular formula is C50H33NO. The Morgan fingerprint density at radius 2 is 1.02 bits per heavy atom. The molecule has 9 aromatic carbocycles. The number of para-hydroxylation sites is 2. The van der Waals surface area contributed by atoms with E-state index in [4.69, 9.17) is 4.42 Å². The molecular weight excluding hydrogens is 631 g/mol. The zero-order valence-electron chi connectivity index (χ0n) is 32.1. The van der Waals surface area contributed by atoms with Gasteiger partial charge in [-0.15, -0.1) is 0 Å². The van der Waals surface area contributed by atoms with Crippen LogP contribution in [0.5, 0.6) is 0 Å². The largest absolute Gasteiger partial charge is 0.455 e. The lowest BCUT2D eigenvalue weighted by atomic mass is 9.97. The zero-order valence-corrected chi connectivity index (χ0v) is 28.1. The first-order valence-corrected chi connectivity index (χ1v) is 17.4. The van der Waals surface area contributed by atoms with Gasteiger partial charge in [-0.2, -0.15) is 0 Å². The Bertz CT molecular complexity index is 3110. The van der Waals surface area contributed by atoms with Gasteiger partial charge in [-0.3, -0.25) is 0 Å². The van der Waals surface area contributed by atoms with E-state index in [9.17, 15) is 5.48 Å². The molecule has 2 nitrogen and oxygen atoms in total. The fourth-order valence-corrected chi connectivity index (χ4v) is 7.32. The van der Waals surface area contributed by atoms with Gasteiger partial charge < -0.3 is 9.32 Å². The van der Waals surface area contributed by atoms with Gasteiger partial charge in [0.1, 0.15) is 11.2 Å². The molecule has 0 spiro atoms. The van der Waals surface area contributed by atoms with Gasteiger partial charge in [0.05, 0.1) is 11.2 Å². The predicted octanol–water partition coefficient (Wildman–Crippen LogP) is 14.4. The lowest BCUT2D eigenvalue weighted by Gasteiger charge is -2.28. The highest BCUT2D eigenvalue weighted by atomic mass is 16.3. The average Bonchev–Trinajstić information content (AvgIpc) is 3.64. The van der Waals surface area contributed by atoms with Gasteiger partial charge >= 0.3 is 0 Å². The van der Waals surface area contributed by atoms with Crippen LogP contribution < -0.4 is 4.90 Å². The normalized spacial score (nSPS) is 12.5. The Morgan fingerprint density at radius 1 is 0.385 bits per heavy atom. The number of benzene rings is 9. The van der Waals surface area contributed by atoms with E-state index in [-0.39, 0.29) is 35.4 Å². The van der Waals surface area contributed by atoms with Gasteiger partial charge in [0.25, 0.3) is 0 Å². The van der Waals surface area contributed by atoms with Gasteiger partial charge in [-0.25, -0.2) is 0 Å². The minimum atomic E-state index is -0.123. The molecule has 0 saturated carbocycles. The predicted molar refractivity (Wildman–Crippen MR) is 220 cm³/mol. The van der Waals surface area contributed by atoms with E-state index < -0.39 is 0 Å². The van der Waals surface area contributed by atoms with E-state index in [1.807, 2.05) is 132 Å². The Kier molecular flexibility index (Phi) is 6.22. The molecule has 0 saturated heterocycles. The lowest BCUT2D eigenvalue weighted by Crippen LogP contribution is -2.11. The molecule has 244 valence electrons. The van der Waals surface area contributed by atoms with Crippen LogP contribution in [0.15, 0.2) is 205 Å². The second kappa shape index (κ2) is 12.5. The molecule has 1 heterocycles. The highest BCUT2D eigenvalue weighted by Gasteiger charge is 2.19. The number of fused-ring (bicyclic) bond motifs is 6. The summed E-state index contributed by atoms with van der Waals surface area (Å²) in [6, 6.07) is 58.1. The highest BCUT2D eigenvalue weighted by molar-refractivity contribution is 6.15. The van der Waals surface area contributed by atoms with Gasteiger partial charge in [-0.05, 0) is 105 Å². The number of hydrogen-bond donors (Lipinski definition) is 0. The van der Waals surface area contributed by atoms with E-state index in [2.05, 4.69) is 48.5 Å². The summed E-state index contributed by atoms with van der Waals surface area (Å²) in [5, 5.41) is 6.20. The SMILES string of the molecule is [2H]c1c([2H])c(N(c2ccc(-c3ccccc3)cc2)c2ccccc2-c2ccc3c(ccc4c5ccccc5oc34)c2)c([2H])c([2H])c1-c1ccc2ccccc2c1. The zero-order chi connectivity index (χ0) is 37.9. The first-order chi connectivity index (χ1) is 27.4. The molecule has 10 aromatic rings. The van der Waals surface area contributed by atoms with Crippen LogP contribution in [0.1, 0.15) is 5.48 Å². The summed E-state index contributed by atoms with van der Waals surface area (Å²) in [6.45, 7) is 0. The number of rotatable bonds is 6. The number of hydrogen-bond acceptors (Lipinski definition) is 2. The van der Waals surface area contributed by atoms with Crippen molar-refractivity contribution >= 4 is 60.5 Å². The van der Waals surface area contributed by atoms with Gasteiger partial charge in [-0.1, -0.05) is 139 Å². The quantitative estimate of drug-likeness (QED) is 0.175. The van der Waals surface area contributed by atoms with E-state index in [0.29, 0.717) is 11.3 Å². The van der Waals surface area contributed by atoms with Crippen molar-refractivity contribution in [3.8, 4) is 33.4 Å². The summed E-state index contributed by atoms with van der Waals surface area (Å²) in [6.07, 6.45) is 0. The van der Waals surface area contributed by atoms with Crippen molar-refractivity contribution in [3.63, 3.8) is 0 Å². The molecule has 0 aliphatic rings. The van der Waals surface area contributed by atoms with Crippen LogP contribution in [-0.2, 0) is 0 Å². The molecule has 0 bridgehead atoms. The first-order valence-electron chi connectivity index (χ1n) is 19.4. The summed E-state index contributed by atoms with van der Waals surface area (Å²) < 4.78 is 44.2.